The van der Waals surface area contributed by atoms with Crippen molar-refractivity contribution in [2.45, 2.75) is 0 Å². The Hall–Kier alpha value is -1.91. The number of methoxy groups -OCH3 is 1. The van der Waals surface area contributed by atoms with Crippen LogP contribution in [0.4, 0.5) is 5.82 Å². The van der Waals surface area contributed by atoms with Gasteiger partial charge < -0.3 is 10.1 Å². The van der Waals surface area contributed by atoms with E-state index in [1.54, 1.807) is 19.5 Å². The van der Waals surface area contributed by atoms with Crippen LogP contribution in [-0.2, 0) is 0 Å². The predicted molar refractivity (Wildman–Crippen MR) is 60.1 cm³/mol. The minimum atomic E-state index is 0.659. The molecule has 1 aliphatic heterocycles. The number of aromatic nitrogens is 1. The molecule has 1 aromatic rings. The van der Waals surface area contributed by atoms with Gasteiger partial charge in [0.1, 0.15) is 5.84 Å². The summed E-state index contributed by atoms with van der Waals surface area (Å²) in [7, 11) is 1.61. The maximum atomic E-state index is 5.16. The number of ether oxygens (including phenoxy) is 1. The Morgan fingerprint density at radius 1 is 1.40 bits per heavy atom. The SMILES string of the molecule is COc1cccnc1NC1=NCCN=C1. The molecule has 0 aromatic carbocycles. The molecule has 0 aliphatic carbocycles. The highest BCUT2D eigenvalue weighted by atomic mass is 16.5. The lowest BCUT2D eigenvalue weighted by Gasteiger charge is -2.10. The largest absolute Gasteiger partial charge is 0.493 e. The minimum absolute atomic E-state index is 0.659. The van der Waals surface area contributed by atoms with Crippen molar-refractivity contribution in [2.75, 3.05) is 25.5 Å². The van der Waals surface area contributed by atoms with Gasteiger partial charge in [-0.3, -0.25) is 9.98 Å². The van der Waals surface area contributed by atoms with Crippen molar-refractivity contribution < 1.29 is 4.74 Å². The first-order chi connectivity index (χ1) is 7.40. The molecule has 0 saturated heterocycles. The van der Waals surface area contributed by atoms with Crippen LogP contribution < -0.4 is 10.1 Å². The van der Waals surface area contributed by atoms with E-state index in [0.29, 0.717) is 18.1 Å². The average molecular weight is 204 g/mol. The Bertz CT molecular complexity index is 400. The van der Waals surface area contributed by atoms with Gasteiger partial charge in [0.25, 0.3) is 0 Å². The number of hydrogen-bond acceptors (Lipinski definition) is 5. The van der Waals surface area contributed by atoms with Gasteiger partial charge in [0.05, 0.1) is 26.4 Å². The summed E-state index contributed by atoms with van der Waals surface area (Å²) >= 11 is 0. The Kier molecular flexibility index (Phi) is 2.92. The van der Waals surface area contributed by atoms with Gasteiger partial charge in [-0.2, -0.15) is 0 Å². The summed E-state index contributed by atoms with van der Waals surface area (Å²) in [4.78, 5) is 12.5. The van der Waals surface area contributed by atoms with E-state index in [2.05, 4.69) is 20.3 Å². The fourth-order valence-electron chi connectivity index (χ4n) is 1.26. The summed E-state index contributed by atoms with van der Waals surface area (Å²) in [6, 6.07) is 3.66. The number of anilines is 1. The van der Waals surface area contributed by atoms with Gasteiger partial charge in [0, 0.05) is 6.20 Å². The zero-order valence-electron chi connectivity index (χ0n) is 8.47. The third kappa shape index (κ3) is 2.31. The number of rotatable bonds is 2. The molecule has 1 aliphatic rings. The topological polar surface area (TPSA) is 58.9 Å². The van der Waals surface area contributed by atoms with Crippen LogP contribution in [0.1, 0.15) is 0 Å². The van der Waals surface area contributed by atoms with Crippen molar-refractivity contribution in [3.8, 4) is 5.75 Å². The second-order valence-corrected chi connectivity index (χ2v) is 2.98. The molecule has 0 atom stereocenters. The molecule has 0 unspecified atom stereocenters. The van der Waals surface area contributed by atoms with Gasteiger partial charge in [-0.15, -0.1) is 0 Å². The predicted octanol–water partition coefficient (Wildman–Crippen LogP) is 0.985. The molecule has 15 heavy (non-hydrogen) atoms. The number of pyridine rings is 1. The van der Waals surface area contributed by atoms with Crippen molar-refractivity contribution in [3.05, 3.63) is 18.3 Å². The number of nitrogens with zero attached hydrogens (tertiary/aromatic N) is 3. The maximum Gasteiger partial charge on any atom is 0.174 e. The quantitative estimate of drug-likeness (QED) is 0.781. The minimum Gasteiger partial charge on any atom is -0.493 e. The number of amidine groups is 1. The fraction of sp³-hybridized carbons (Fsp3) is 0.300. The third-order valence-electron chi connectivity index (χ3n) is 1.96. The van der Waals surface area contributed by atoms with E-state index in [-0.39, 0.29) is 0 Å². The van der Waals surface area contributed by atoms with Crippen LogP contribution in [0.15, 0.2) is 28.3 Å². The van der Waals surface area contributed by atoms with Crippen molar-refractivity contribution in [2.24, 2.45) is 9.98 Å². The van der Waals surface area contributed by atoms with Gasteiger partial charge in [-0.05, 0) is 12.1 Å². The molecule has 1 aromatic heterocycles. The van der Waals surface area contributed by atoms with Crippen molar-refractivity contribution >= 4 is 17.9 Å². The zero-order chi connectivity index (χ0) is 10.5. The molecule has 0 bridgehead atoms. The second-order valence-electron chi connectivity index (χ2n) is 2.98. The lowest BCUT2D eigenvalue weighted by atomic mass is 10.4. The van der Waals surface area contributed by atoms with Gasteiger partial charge in [0.15, 0.2) is 11.6 Å². The monoisotopic (exact) mass is 204 g/mol. The summed E-state index contributed by atoms with van der Waals surface area (Å²) < 4.78 is 5.16. The van der Waals surface area contributed by atoms with Crippen molar-refractivity contribution in [1.29, 1.82) is 0 Å². The molecule has 1 N–H and O–H groups in total. The summed E-state index contributed by atoms with van der Waals surface area (Å²) in [5, 5.41) is 3.06. The molecule has 0 fully saturated rings. The van der Waals surface area contributed by atoms with Crippen LogP contribution in [-0.4, -0.2) is 37.2 Å². The molecule has 2 rings (SSSR count). The van der Waals surface area contributed by atoms with Gasteiger partial charge in [-0.25, -0.2) is 4.98 Å². The van der Waals surface area contributed by atoms with Crippen LogP contribution in [0.2, 0.25) is 0 Å². The molecular weight excluding hydrogens is 192 g/mol. The van der Waals surface area contributed by atoms with Crippen LogP contribution in [0.3, 0.4) is 0 Å². The maximum absolute atomic E-state index is 5.16. The molecule has 0 amide bonds. The van der Waals surface area contributed by atoms with Gasteiger partial charge >= 0.3 is 0 Å². The molecule has 5 heteroatoms. The van der Waals surface area contributed by atoms with Crippen LogP contribution in [0.5, 0.6) is 5.75 Å². The first-order valence-electron chi connectivity index (χ1n) is 4.70. The Balaban J connectivity index is 2.16. The van der Waals surface area contributed by atoms with E-state index < -0.39 is 0 Å². The lowest BCUT2D eigenvalue weighted by Crippen LogP contribution is -2.19. The van der Waals surface area contributed by atoms with E-state index in [1.165, 1.54) is 0 Å². The highest BCUT2D eigenvalue weighted by Gasteiger charge is 2.06. The van der Waals surface area contributed by atoms with E-state index in [4.69, 9.17) is 4.74 Å². The smallest absolute Gasteiger partial charge is 0.174 e. The summed E-state index contributed by atoms with van der Waals surface area (Å²) in [6.45, 7) is 1.47. The van der Waals surface area contributed by atoms with E-state index >= 15 is 0 Å². The molecule has 0 spiro atoms. The number of nitrogens with one attached hydrogen (secondary N) is 1. The van der Waals surface area contributed by atoms with E-state index in [9.17, 15) is 0 Å². The van der Waals surface area contributed by atoms with Crippen LogP contribution >= 0.6 is 0 Å². The molecular formula is C10H12N4O. The summed E-state index contributed by atoms with van der Waals surface area (Å²) in [5.41, 5.74) is 0. The number of hydrogen-bond donors (Lipinski definition) is 1. The molecule has 5 nitrogen and oxygen atoms in total. The lowest BCUT2D eigenvalue weighted by molar-refractivity contribution is 0.415. The Morgan fingerprint density at radius 2 is 2.33 bits per heavy atom. The zero-order valence-corrected chi connectivity index (χ0v) is 8.47. The fourth-order valence-corrected chi connectivity index (χ4v) is 1.26. The molecule has 0 radical (unpaired) electrons. The molecule has 2 heterocycles. The average Bonchev–Trinajstić information content (AvgIpc) is 2.31. The van der Waals surface area contributed by atoms with Gasteiger partial charge in [-0.1, -0.05) is 0 Å². The summed E-state index contributed by atoms with van der Waals surface area (Å²) in [5.74, 6) is 2.07. The van der Waals surface area contributed by atoms with Gasteiger partial charge in [0.2, 0.25) is 0 Å². The van der Waals surface area contributed by atoms with E-state index in [1.807, 2.05) is 12.1 Å². The number of aliphatic imine (C=N–C) groups is 2. The highest BCUT2D eigenvalue weighted by molar-refractivity contribution is 6.35. The Labute approximate surface area is 87.9 Å². The summed E-state index contributed by atoms with van der Waals surface area (Å²) in [6.07, 6.45) is 3.41. The third-order valence-corrected chi connectivity index (χ3v) is 1.96. The molecule has 0 saturated carbocycles. The normalized spacial score (nSPS) is 14.6. The van der Waals surface area contributed by atoms with Crippen LogP contribution in [0.25, 0.3) is 0 Å². The van der Waals surface area contributed by atoms with Crippen molar-refractivity contribution in [1.82, 2.24) is 4.98 Å². The van der Waals surface area contributed by atoms with Crippen LogP contribution in [0, 0.1) is 0 Å². The standard InChI is InChI=1S/C10H12N4O/c1-15-8-3-2-4-13-10(8)14-9-7-11-5-6-12-9/h2-4,7H,5-6H2,1H3,(H,12,13,14). The Morgan fingerprint density at radius 3 is 3.07 bits per heavy atom. The molecule has 78 valence electrons. The second kappa shape index (κ2) is 4.54. The highest BCUT2D eigenvalue weighted by Crippen LogP contribution is 2.19. The van der Waals surface area contributed by atoms with E-state index in [0.717, 1.165) is 12.4 Å². The first-order valence-corrected chi connectivity index (χ1v) is 4.70. The first kappa shape index (κ1) is 9.64. The van der Waals surface area contributed by atoms with Crippen molar-refractivity contribution in [3.63, 3.8) is 0 Å².